The Balaban J connectivity index is 2.85. The minimum absolute atomic E-state index is 0.0247. The SMILES string of the molecule is C=CCN(Cc1ccc(Cl)[n+]([O-])n1)C(=O)C(=O)OCC. The predicted molar refractivity (Wildman–Crippen MR) is 70.5 cm³/mol. The molecule has 0 aliphatic carbocycles. The van der Waals surface area contributed by atoms with Gasteiger partial charge in [0.15, 0.2) is 0 Å². The third-order valence-electron chi connectivity index (χ3n) is 2.25. The Morgan fingerprint density at radius 2 is 2.30 bits per heavy atom. The maximum atomic E-state index is 11.8. The highest BCUT2D eigenvalue weighted by Gasteiger charge is 2.23. The molecule has 1 heterocycles. The average molecular weight is 300 g/mol. The first kappa shape index (κ1) is 15.9. The van der Waals surface area contributed by atoms with E-state index >= 15 is 0 Å². The van der Waals surface area contributed by atoms with Gasteiger partial charge < -0.3 is 14.8 Å². The van der Waals surface area contributed by atoms with Crippen molar-refractivity contribution in [2.75, 3.05) is 13.2 Å². The van der Waals surface area contributed by atoms with Crippen LogP contribution in [0.1, 0.15) is 12.6 Å². The number of carbonyl (C=O) groups excluding carboxylic acids is 2. The van der Waals surface area contributed by atoms with E-state index in [2.05, 4.69) is 16.4 Å². The Labute approximate surface area is 121 Å². The summed E-state index contributed by atoms with van der Waals surface area (Å²) in [6, 6.07) is 2.85. The Morgan fingerprint density at radius 3 is 2.85 bits per heavy atom. The van der Waals surface area contributed by atoms with Crippen LogP contribution in [0.4, 0.5) is 0 Å². The van der Waals surface area contributed by atoms with Gasteiger partial charge in [-0.2, -0.15) is 0 Å². The van der Waals surface area contributed by atoms with Gasteiger partial charge in [-0.25, -0.2) is 4.79 Å². The molecule has 108 valence electrons. The molecule has 0 saturated carbocycles. The highest BCUT2D eigenvalue weighted by Crippen LogP contribution is 2.05. The largest absolute Gasteiger partial charge is 0.593 e. The second-order valence-electron chi connectivity index (χ2n) is 3.72. The first-order chi connectivity index (χ1) is 9.49. The van der Waals surface area contributed by atoms with Crippen molar-refractivity contribution >= 4 is 23.5 Å². The van der Waals surface area contributed by atoms with Crippen LogP contribution in [0.3, 0.4) is 0 Å². The number of amides is 1. The van der Waals surface area contributed by atoms with E-state index in [1.54, 1.807) is 6.92 Å². The average Bonchev–Trinajstić information content (AvgIpc) is 2.42. The lowest BCUT2D eigenvalue weighted by Gasteiger charge is -2.18. The summed E-state index contributed by atoms with van der Waals surface area (Å²) in [7, 11) is 0. The maximum Gasteiger partial charge on any atom is 0.397 e. The smallest absolute Gasteiger partial charge is 0.397 e. The van der Waals surface area contributed by atoms with Crippen LogP contribution in [0.25, 0.3) is 0 Å². The number of hydrogen-bond acceptors (Lipinski definition) is 5. The monoisotopic (exact) mass is 299 g/mol. The van der Waals surface area contributed by atoms with Crippen molar-refractivity contribution < 1.29 is 19.2 Å². The highest BCUT2D eigenvalue weighted by molar-refractivity contribution is 6.32. The van der Waals surface area contributed by atoms with Crippen LogP contribution in [0, 0.1) is 5.21 Å². The van der Waals surface area contributed by atoms with Crippen molar-refractivity contribution in [1.29, 1.82) is 0 Å². The number of nitrogens with zero attached hydrogens (tertiary/aromatic N) is 3. The Morgan fingerprint density at radius 1 is 1.60 bits per heavy atom. The van der Waals surface area contributed by atoms with Crippen molar-refractivity contribution in [2.45, 2.75) is 13.5 Å². The van der Waals surface area contributed by atoms with Crippen LogP contribution in [0.2, 0.25) is 5.15 Å². The zero-order valence-corrected chi connectivity index (χ0v) is 11.7. The van der Waals surface area contributed by atoms with Crippen molar-refractivity contribution in [3.8, 4) is 0 Å². The van der Waals surface area contributed by atoms with E-state index in [1.165, 1.54) is 23.1 Å². The molecular weight excluding hydrogens is 286 g/mol. The molecule has 0 radical (unpaired) electrons. The van der Waals surface area contributed by atoms with Gasteiger partial charge in [-0.1, -0.05) is 6.08 Å². The van der Waals surface area contributed by atoms with E-state index in [4.69, 9.17) is 11.6 Å². The number of ether oxygens (including phenoxy) is 1. The molecule has 0 spiro atoms. The summed E-state index contributed by atoms with van der Waals surface area (Å²) in [5.41, 5.74) is 0.295. The molecule has 7 nitrogen and oxygen atoms in total. The maximum absolute atomic E-state index is 11.8. The quantitative estimate of drug-likeness (QED) is 0.259. The van der Waals surface area contributed by atoms with Gasteiger partial charge in [-0.15, -0.1) is 6.58 Å². The number of halogens is 1. The third-order valence-corrected chi connectivity index (χ3v) is 2.53. The molecule has 0 aromatic carbocycles. The predicted octanol–water partition coefficient (Wildman–Crippen LogP) is 0.446. The molecule has 0 saturated heterocycles. The highest BCUT2D eigenvalue weighted by atomic mass is 35.5. The van der Waals surface area contributed by atoms with Crippen LogP contribution >= 0.6 is 11.6 Å². The van der Waals surface area contributed by atoms with Gasteiger partial charge in [-0.3, -0.25) is 4.79 Å². The summed E-state index contributed by atoms with van der Waals surface area (Å²) in [4.78, 5) is 24.7. The second kappa shape index (κ2) is 7.44. The summed E-state index contributed by atoms with van der Waals surface area (Å²) < 4.78 is 4.64. The topological polar surface area (TPSA) is 86.4 Å². The van der Waals surface area contributed by atoms with Crippen molar-refractivity contribution in [2.24, 2.45) is 0 Å². The van der Waals surface area contributed by atoms with E-state index in [9.17, 15) is 14.8 Å². The molecule has 1 amide bonds. The van der Waals surface area contributed by atoms with E-state index in [-0.39, 0.29) is 29.7 Å². The number of aromatic nitrogens is 2. The molecule has 8 heteroatoms. The van der Waals surface area contributed by atoms with Gasteiger partial charge in [0.2, 0.25) is 0 Å². The van der Waals surface area contributed by atoms with Gasteiger partial charge in [0.25, 0.3) is 0 Å². The van der Waals surface area contributed by atoms with Gasteiger partial charge in [0.05, 0.1) is 13.2 Å². The van der Waals surface area contributed by atoms with Crippen molar-refractivity contribution in [1.82, 2.24) is 10.00 Å². The molecule has 1 aromatic heterocycles. The molecule has 20 heavy (non-hydrogen) atoms. The lowest BCUT2D eigenvalue weighted by molar-refractivity contribution is -0.667. The van der Waals surface area contributed by atoms with Gasteiger partial charge in [0.1, 0.15) is 5.69 Å². The third kappa shape index (κ3) is 4.20. The van der Waals surface area contributed by atoms with Crippen LogP contribution in [-0.4, -0.2) is 35.0 Å². The fraction of sp³-hybridized carbons (Fsp3) is 0.333. The Bertz CT molecular complexity index is 521. The summed E-state index contributed by atoms with van der Waals surface area (Å²) >= 11 is 5.55. The zero-order valence-electron chi connectivity index (χ0n) is 10.9. The van der Waals surface area contributed by atoms with E-state index < -0.39 is 11.9 Å². The second-order valence-corrected chi connectivity index (χ2v) is 4.10. The van der Waals surface area contributed by atoms with Crippen LogP contribution in [-0.2, 0) is 20.9 Å². The molecule has 0 unspecified atom stereocenters. The van der Waals surface area contributed by atoms with E-state index in [0.717, 1.165) is 0 Å². The van der Waals surface area contributed by atoms with Crippen molar-refractivity contribution in [3.05, 3.63) is 40.8 Å². The van der Waals surface area contributed by atoms with E-state index in [1.807, 2.05) is 0 Å². The van der Waals surface area contributed by atoms with Crippen molar-refractivity contribution in [3.63, 3.8) is 0 Å². The van der Waals surface area contributed by atoms with E-state index in [0.29, 0.717) is 5.69 Å². The number of carbonyl (C=O) groups is 2. The fourth-order valence-corrected chi connectivity index (χ4v) is 1.50. The number of esters is 1. The molecule has 1 rings (SSSR count). The minimum atomic E-state index is -0.960. The lowest BCUT2D eigenvalue weighted by Crippen LogP contribution is -2.39. The summed E-state index contributed by atoms with van der Waals surface area (Å²) in [5.74, 6) is -1.78. The van der Waals surface area contributed by atoms with Crippen LogP contribution in [0.15, 0.2) is 24.8 Å². The van der Waals surface area contributed by atoms with Gasteiger partial charge in [0, 0.05) is 17.7 Å². The Kier molecular flexibility index (Phi) is 5.92. The summed E-state index contributed by atoms with van der Waals surface area (Å²) in [6.45, 7) is 5.31. The normalized spacial score (nSPS) is 9.90. The fourth-order valence-electron chi connectivity index (χ4n) is 1.40. The molecule has 0 bridgehead atoms. The molecule has 0 aliphatic heterocycles. The standard InChI is InChI=1S/C12H14ClN3O4/c1-3-7-15(11(17)12(18)20-4-2)8-9-5-6-10(13)16(19)14-9/h3,5-6H,1,4,7-8H2,2H3. The molecular formula is C12H14ClN3O4. The molecule has 0 atom stereocenters. The first-order valence-corrected chi connectivity index (χ1v) is 6.19. The van der Waals surface area contributed by atoms with Crippen LogP contribution in [0.5, 0.6) is 0 Å². The first-order valence-electron chi connectivity index (χ1n) is 5.81. The zero-order chi connectivity index (χ0) is 15.1. The summed E-state index contributed by atoms with van der Waals surface area (Å²) in [5, 5.41) is 14.8. The van der Waals surface area contributed by atoms with Gasteiger partial charge in [-0.05, 0) is 29.4 Å². The molecule has 0 aliphatic rings. The Hall–Kier alpha value is -2.15. The van der Waals surface area contributed by atoms with Gasteiger partial charge >= 0.3 is 17.0 Å². The molecule has 0 N–H and O–H groups in total. The molecule has 0 fully saturated rings. The summed E-state index contributed by atoms with van der Waals surface area (Å²) in [6.07, 6.45) is 1.46. The minimum Gasteiger partial charge on any atom is -0.593 e. The number of hydrogen-bond donors (Lipinski definition) is 0. The van der Waals surface area contributed by atoms with Crippen LogP contribution < -0.4 is 4.85 Å². The number of rotatable bonds is 5. The molecule has 1 aromatic rings. The lowest BCUT2D eigenvalue weighted by atomic mass is 10.3.